The van der Waals surface area contributed by atoms with Gasteiger partial charge in [-0.25, -0.2) is 4.98 Å². The van der Waals surface area contributed by atoms with Crippen molar-refractivity contribution in [2.75, 3.05) is 12.5 Å². The number of nitrogens with zero attached hydrogens (tertiary/aromatic N) is 3. The highest BCUT2D eigenvalue weighted by Gasteiger charge is 2.04. The van der Waals surface area contributed by atoms with Crippen LogP contribution < -0.4 is 10.2 Å². The molecule has 0 amide bonds. The molecule has 0 aliphatic heterocycles. The molecular formula is C21H18N4O. The molecule has 4 aromatic rings. The molecule has 0 fully saturated rings. The van der Waals surface area contributed by atoms with Gasteiger partial charge >= 0.3 is 0 Å². The van der Waals surface area contributed by atoms with Gasteiger partial charge in [0.15, 0.2) is 0 Å². The maximum absolute atomic E-state index is 5.29. The molecule has 4 rings (SSSR count). The first-order valence-corrected chi connectivity index (χ1v) is 8.33. The van der Waals surface area contributed by atoms with E-state index >= 15 is 0 Å². The summed E-state index contributed by atoms with van der Waals surface area (Å²) >= 11 is 0. The minimum Gasteiger partial charge on any atom is -0.497 e. The molecule has 0 aliphatic rings. The van der Waals surface area contributed by atoms with Crippen LogP contribution in [0.1, 0.15) is 11.1 Å². The molecule has 128 valence electrons. The first kappa shape index (κ1) is 16.0. The average molecular weight is 342 g/mol. The third-order valence-electron chi connectivity index (χ3n) is 4.29. The van der Waals surface area contributed by atoms with Gasteiger partial charge in [0.2, 0.25) is 0 Å². The zero-order valence-electron chi connectivity index (χ0n) is 14.6. The second kappa shape index (κ2) is 6.80. The molecule has 2 aromatic heterocycles. The number of anilines is 1. The number of hydrogen-bond donors (Lipinski definition) is 1. The van der Waals surface area contributed by atoms with Crippen LogP contribution in [0.5, 0.6) is 5.75 Å². The molecule has 0 saturated carbocycles. The molecule has 0 aliphatic carbocycles. The lowest BCUT2D eigenvalue weighted by atomic mass is 10.1. The molecule has 0 atom stereocenters. The normalized spacial score (nSPS) is 11.3. The van der Waals surface area contributed by atoms with Gasteiger partial charge in [-0.3, -0.25) is 10.4 Å². The van der Waals surface area contributed by atoms with Gasteiger partial charge in [-0.1, -0.05) is 18.2 Å². The molecule has 26 heavy (non-hydrogen) atoms. The summed E-state index contributed by atoms with van der Waals surface area (Å²) in [5.41, 5.74) is 6.98. The fourth-order valence-corrected chi connectivity index (χ4v) is 2.97. The van der Waals surface area contributed by atoms with E-state index in [2.05, 4.69) is 27.4 Å². The minimum atomic E-state index is 0.692. The summed E-state index contributed by atoms with van der Waals surface area (Å²) in [6.07, 6.45) is 3.57. The smallest absolute Gasteiger partial charge is 0.147 e. The summed E-state index contributed by atoms with van der Waals surface area (Å²) in [6.45, 7) is 2.06. The van der Waals surface area contributed by atoms with Gasteiger partial charge in [-0.05, 0) is 42.8 Å². The number of benzene rings is 2. The van der Waals surface area contributed by atoms with Crippen molar-refractivity contribution in [1.82, 2.24) is 9.97 Å². The lowest BCUT2D eigenvalue weighted by Crippen LogP contribution is -1.96. The van der Waals surface area contributed by atoms with Gasteiger partial charge in [0, 0.05) is 28.6 Å². The van der Waals surface area contributed by atoms with Crippen molar-refractivity contribution in [2.45, 2.75) is 6.92 Å². The molecule has 0 radical (unpaired) electrons. The predicted octanol–water partition coefficient (Wildman–Crippen LogP) is 4.55. The Bertz CT molecular complexity index is 1120. The largest absolute Gasteiger partial charge is 0.497 e. The number of rotatable bonds is 4. The number of nitrogens with one attached hydrogen (secondary N) is 1. The zero-order chi connectivity index (χ0) is 17.9. The third kappa shape index (κ3) is 3.07. The van der Waals surface area contributed by atoms with Crippen molar-refractivity contribution in [3.63, 3.8) is 0 Å². The quantitative estimate of drug-likeness (QED) is 0.437. The van der Waals surface area contributed by atoms with E-state index in [0.29, 0.717) is 5.82 Å². The van der Waals surface area contributed by atoms with E-state index in [0.717, 1.165) is 38.7 Å². The first-order chi connectivity index (χ1) is 12.7. The Morgan fingerprint density at radius 1 is 1.00 bits per heavy atom. The predicted molar refractivity (Wildman–Crippen MR) is 106 cm³/mol. The van der Waals surface area contributed by atoms with Crippen LogP contribution in [-0.2, 0) is 0 Å². The number of hydrogen-bond acceptors (Lipinski definition) is 5. The Morgan fingerprint density at radius 2 is 1.88 bits per heavy atom. The van der Waals surface area contributed by atoms with Gasteiger partial charge < -0.3 is 4.74 Å². The third-order valence-corrected chi connectivity index (χ3v) is 4.29. The number of ether oxygens (including phenoxy) is 1. The van der Waals surface area contributed by atoms with Crippen molar-refractivity contribution in [3.05, 3.63) is 71.9 Å². The summed E-state index contributed by atoms with van der Waals surface area (Å²) in [5, 5.41) is 6.52. The number of aromatic nitrogens is 2. The maximum Gasteiger partial charge on any atom is 0.147 e. The summed E-state index contributed by atoms with van der Waals surface area (Å²) in [4.78, 5) is 8.98. The highest BCUT2D eigenvalue weighted by atomic mass is 16.5. The Kier molecular flexibility index (Phi) is 4.19. The van der Waals surface area contributed by atoms with Gasteiger partial charge in [-0.2, -0.15) is 5.10 Å². The molecule has 0 spiro atoms. The molecule has 5 heteroatoms. The molecule has 0 bridgehead atoms. The van der Waals surface area contributed by atoms with E-state index in [1.54, 1.807) is 19.5 Å². The van der Waals surface area contributed by atoms with Crippen molar-refractivity contribution in [3.8, 4) is 5.75 Å². The van der Waals surface area contributed by atoms with Gasteiger partial charge in [0.1, 0.15) is 11.6 Å². The van der Waals surface area contributed by atoms with E-state index in [-0.39, 0.29) is 0 Å². The monoisotopic (exact) mass is 342 g/mol. The molecule has 0 saturated heterocycles. The molecule has 2 aromatic carbocycles. The summed E-state index contributed by atoms with van der Waals surface area (Å²) in [6, 6.07) is 17.8. The van der Waals surface area contributed by atoms with E-state index < -0.39 is 0 Å². The van der Waals surface area contributed by atoms with E-state index in [4.69, 9.17) is 4.74 Å². The van der Waals surface area contributed by atoms with Crippen molar-refractivity contribution < 1.29 is 4.74 Å². The molecule has 5 nitrogen and oxygen atoms in total. The second-order valence-electron chi connectivity index (χ2n) is 5.99. The maximum atomic E-state index is 5.29. The number of hydrazone groups is 1. The van der Waals surface area contributed by atoms with Crippen LogP contribution in [0.4, 0.5) is 5.82 Å². The van der Waals surface area contributed by atoms with Crippen LogP contribution in [0.15, 0.2) is 65.9 Å². The molecular weight excluding hydrogens is 324 g/mol. The Balaban J connectivity index is 1.63. The second-order valence-corrected chi connectivity index (χ2v) is 5.99. The summed E-state index contributed by atoms with van der Waals surface area (Å²) in [7, 11) is 1.65. The number of pyridine rings is 2. The lowest BCUT2D eigenvalue weighted by molar-refractivity contribution is 0.415. The topological polar surface area (TPSA) is 59.4 Å². The highest BCUT2D eigenvalue weighted by molar-refractivity contribution is 5.98. The number of aryl methyl sites for hydroxylation is 1. The van der Waals surface area contributed by atoms with Crippen molar-refractivity contribution in [2.24, 2.45) is 5.10 Å². The Hall–Kier alpha value is -3.47. The Morgan fingerprint density at radius 3 is 2.77 bits per heavy atom. The van der Waals surface area contributed by atoms with Crippen molar-refractivity contribution >= 4 is 33.8 Å². The van der Waals surface area contributed by atoms with Crippen LogP contribution in [0, 0.1) is 6.92 Å². The van der Waals surface area contributed by atoms with Gasteiger partial charge in [0.05, 0.1) is 24.4 Å². The van der Waals surface area contributed by atoms with Crippen LogP contribution in [0.25, 0.3) is 21.8 Å². The standard InChI is InChI=1S/C21H18N4O/c1-14-11-21(24-20-12-16(26-2)7-8-17(14)20)25-23-13-15-9-10-22-19-6-4-3-5-18(15)19/h3-13H,1-2H3,(H,24,25)/b23-13-. The molecule has 0 unspecified atom stereocenters. The summed E-state index contributed by atoms with van der Waals surface area (Å²) < 4.78 is 5.29. The first-order valence-electron chi connectivity index (χ1n) is 8.33. The lowest BCUT2D eigenvalue weighted by Gasteiger charge is -2.07. The van der Waals surface area contributed by atoms with Crippen molar-refractivity contribution in [1.29, 1.82) is 0 Å². The van der Waals surface area contributed by atoms with E-state index in [1.165, 1.54) is 0 Å². The van der Waals surface area contributed by atoms with Gasteiger partial charge in [-0.15, -0.1) is 0 Å². The fourth-order valence-electron chi connectivity index (χ4n) is 2.97. The van der Waals surface area contributed by atoms with Crippen LogP contribution in [0.3, 0.4) is 0 Å². The fraction of sp³-hybridized carbons (Fsp3) is 0.0952. The minimum absolute atomic E-state index is 0.692. The molecule has 1 N–H and O–H groups in total. The number of para-hydroxylation sites is 1. The highest BCUT2D eigenvalue weighted by Crippen LogP contribution is 2.24. The summed E-state index contributed by atoms with van der Waals surface area (Å²) in [5.74, 6) is 1.48. The number of methoxy groups -OCH3 is 1. The zero-order valence-corrected chi connectivity index (χ0v) is 14.6. The molecule has 2 heterocycles. The van der Waals surface area contributed by atoms with Crippen LogP contribution in [0.2, 0.25) is 0 Å². The average Bonchev–Trinajstić information content (AvgIpc) is 2.68. The van der Waals surface area contributed by atoms with Gasteiger partial charge in [0.25, 0.3) is 0 Å². The SMILES string of the molecule is COc1ccc2c(C)cc(N/N=C\c3ccnc4ccccc34)nc2c1. The van der Waals surface area contributed by atoms with E-state index in [9.17, 15) is 0 Å². The van der Waals surface area contributed by atoms with E-state index in [1.807, 2.05) is 54.6 Å². The van der Waals surface area contributed by atoms with Crippen LogP contribution in [-0.4, -0.2) is 23.3 Å². The van der Waals surface area contributed by atoms with Crippen LogP contribution >= 0.6 is 0 Å². The Labute approximate surface area is 151 Å². The number of fused-ring (bicyclic) bond motifs is 2.